The van der Waals surface area contributed by atoms with Gasteiger partial charge in [0.1, 0.15) is 11.5 Å². The van der Waals surface area contributed by atoms with Gasteiger partial charge in [0.15, 0.2) is 0 Å². The van der Waals surface area contributed by atoms with E-state index in [4.69, 9.17) is 0 Å². The van der Waals surface area contributed by atoms with E-state index in [-0.39, 0.29) is 16.9 Å². The van der Waals surface area contributed by atoms with Crippen LogP contribution in [-0.2, 0) is 11.8 Å². The van der Waals surface area contributed by atoms with E-state index >= 15 is 0 Å². The zero-order chi connectivity index (χ0) is 29.1. The van der Waals surface area contributed by atoms with E-state index in [0.29, 0.717) is 0 Å². The molecule has 5 rings (SSSR count). The summed E-state index contributed by atoms with van der Waals surface area (Å²) in [4.78, 5) is 2.33. The summed E-state index contributed by atoms with van der Waals surface area (Å²) in [7, 11) is 0. The van der Waals surface area contributed by atoms with Crippen LogP contribution in [0.25, 0.3) is 0 Å². The number of hydrogen-bond donors (Lipinski definition) is 2. The fourth-order valence-corrected chi connectivity index (χ4v) is 5.50. The van der Waals surface area contributed by atoms with Crippen LogP contribution in [0.1, 0.15) is 52.3 Å². The number of phenolic OH excluding ortho intramolecular Hbond substituents is 2. The fraction of sp³-hybridized carbons (Fsp3) is 0.211. The Morgan fingerprint density at radius 3 is 1.34 bits per heavy atom. The summed E-state index contributed by atoms with van der Waals surface area (Å²) in [6.07, 6.45) is 1.76. The first-order chi connectivity index (χ1) is 19.6. The monoisotopic (exact) mass is 541 g/mol. The van der Waals surface area contributed by atoms with Crippen LogP contribution in [-0.4, -0.2) is 10.2 Å². The Kier molecular flexibility index (Phi) is 7.90. The first kappa shape index (κ1) is 28.0. The Morgan fingerprint density at radius 1 is 0.512 bits per heavy atom. The number of anilines is 3. The van der Waals surface area contributed by atoms with Crippen molar-refractivity contribution in [3.8, 4) is 11.5 Å². The number of hydrogen-bond acceptors (Lipinski definition) is 3. The van der Waals surface area contributed by atoms with Crippen molar-refractivity contribution in [3.05, 3.63) is 148 Å². The van der Waals surface area contributed by atoms with E-state index in [9.17, 15) is 10.2 Å². The van der Waals surface area contributed by atoms with Crippen molar-refractivity contribution in [1.29, 1.82) is 0 Å². The number of benzene rings is 5. The molecule has 0 unspecified atom stereocenters. The quantitative estimate of drug-likeness (QED) is 0.205. The van der Waals surface area contributed by atoms with Crippen LogP contribution in [0.2, 0.25) is 0 Å². The van der Waals surface area contributed by atoms with Gasteiger partial charge >= 0.3 is 0 Å². The Bertz CT molecular complexity index is 1540. The van der Waals surface area contributed by atoms with Crippen LogP contribution in [0.3, 0.4) is 0 Å². The van der Waals surface area contributed by atoms with Gasteiger partial charge in [-0.2, -0.15) is 0 Å². The molecule has 0 atom stereocenters. The molecule has 3 heteroatoms. The lowest BCUT2D eigenvalue weighted by atomic mass is 9.72. The maximum Gasteiger partial charge on any atom is 0.115 e. The first-order valence-electron chi connectivity index (χ1n) is 14.3. The summed E-state index contributed by atoms with van der Waals surface area (Å²) in [5.41, 5.74) is 11.8. The molecule has 0 bridgehead atoms. The van der Waals surface area contributed by atoms with Gasteiger partial charge in [-0.3, -0.25) is 0 Å². The standard InChI is InChI=1S/C38H39NO2/c1-26-6-14-34(24-28(26)3)39(35-15-7-27(2)29(4)25-35)33-16-8-30(9-17-33)22-23-38(5,31-10-18-36(40)19-11-31)32-12-20-37(41)21-13-32/h6-21,24-25,40-41H,22-23H2,1-5H3. The topological polar surface area (TPSA) is 43.7 Å². The van der Waals surface area contributed by atoms with Crippen molar-refractivity contribution in [3.63, 3.8) is 0 Å². The highest BCUT2D eigenvalue weighted by Crippen LogP contribution is 2.39. The van der Waals surface area contributed by atoms with Crippen LogP contribution in [0.15, 0.2) is 109 Å². The van der Waals surface area contributed by atoms with Gasteiger partial charge in [-0.25, -0.2) is 0 Å². The van der Waals surface area contributed by atoms with Gasteiger partial charge in [-0.05, 0) is 140 Å². The third-order valence-electron chi connectivity index (χ3n) is 8.61. The van der Waals surface area contributed by atoms with E-state index in [1.807, 2.05) is 24.3 Å². The molecule has 5 aromatic carbocycles. The molecule has 41 heavy (non-hydrogen) atoms. The average molecular weight is 542 g/mol. The maximum absolute atomic E-state index is 9.89. The Balaban J connectivity index is 1.46. The first-order valence-corrected chi connectivity index (χ1v) is 14.3. The highest BCUT2D eigenvalue weighted by Gasteiger charge is 2.29. The second-order valence-electron chi connectivity index (χ2n) is 11.5. The van der Waals surface area contributed by atoms with Crippen LogP contribution >= 0.6 is 0 Å². The van der Waals surface area contributed by atoms with Crippen molar-refractivity contribution in [2.24, 2.45) is 0 Å². The van der Waals surface area contributed by atoms with E-state index in [2.05, 4.69) is 100 Å². The van der Waals surface area contributed by atoms with Crippen molar-refractivity contribution < 1.29 is 10.2 Å². The van der Waals surface area contributed by atoms with E-state index < -0.39 is 0 Å². The molecule has 3 nitrogen and oxygen atoms in total. The SMILES string of the molecule is Cc1ccc(N(c2ccc(CCC(C)(c3ccc(O)cc3)c3ccc(O)cc3)cc2)c2ccc(C)c(C)c2)cc1C. The zero-order valence-electron chi connectivity index (χ0n) is 24.6. The van der Waals surface area contributed by atoms with Crippen LogP contribution in [0.4, 0.5) is 17.1 Å². The third kappa shape index (κ3) is 6.00. The van der Waals surface area contributed by atoms with Gasteiger partial charge in [-0.1, -0.05) is 55.5 Å². The second kappa shape index (κ2) is 11.5. The summed E-state index contributed by atoms with van der Waals surface area (Å²) in [5, 5.41) is 19.8. The van der Waals surface area contributed by atoms with E-state index in [1.54, 1.807) is 24.3 Å². The molecule has 0 spiro atoms. The number of nitrogens with zero attached hydrogens (tertiary/aromatic N) is 1. The Hall–Kier alpha value is -4.50. The van der Waals surface area contributed by atoms with E-state index in [0.717, 1.165) is 41.0 Å². The Labute approximate surface area is 244 Å². The van der Waals surface area contributed by atoms with Crippen molar-refractivity contribution in [1.82, 2.24) is 0 Å². The molecule has 0 saturated carbocycles. The molecule has 0 aliphatic carbocycles. The maximum atomic E-state index is 9.89. The van der Waals surface area contributed by atoms with Gasteiger partial charge in [0.25, 0.3) is 0 Å². The van der Waals surface area contributed by atoms with Crippen LogP contribution < -0.4 is 4.90 Å². The van der Waals surface area contributed by atoms with Gasteiger partial charge in [-0.15, -0.1) is 0 Å². The number of aromatic hydroxyl groups is 2. The molecule has 0 fully saturated rings. The zero-order valence-corrected chi connectivity index (χ0v) is 24.6. The molecule has 0 aromatic heterocycles. The highest BCUT2D eigenvalue weighted by atomic mass is 16.3. The third-order valence-corrected chi connectivity index (χ3v) is 8.61. The second-order valence-corrected chi connectivity index (χ2v) is 11.5. The molecule has 0 aliphatic rings. The smallest absolute Gasteiger partial charge is 0.115 e. The van der Waals surface area contributed by atoms with Gasteiger partial charge < -0.3 is 15.1 Å². The molecule has 5 aromatic rings. The molecular formula is C38H39NO2. The molecule has 0 amide bonds. The van der Waals surface area contributed by atoms with Gasteiger partial charge in [0.05, 0.1) is 0 Å². The largest absolute Gasteiger partial charge is 0.508 e. The molecular weight excluding hydrogens is 502 g/mol. The van der Waals surface area contributed by atoms with Gasteiger partial charge in [0.2, 0.25) is 0 Å². The highest BCUT2D eigenvalue weighted by molar-refractivity contribution is 5.77. The molecule has 0 aliphatic heterocycles. The predicted octanol–water partition coefficient (Wildman–Crippen LogP) is 9.74. The number of phenols is 2. The summed E-state index contributed by atoms with van der Waals surface area (Å²) in [6.45, 7) is 10.9. The summed E-state index contributed by atoms with van der Waals surface area (Å²) >= 11 is 0. The summed E-state index contributed by atoms with van der Waals surface area (Å²) < 4.78 is 0. The number of aryl methyl sites for hydroxylation is 5. The van der Waals surface area contributed by atoms with Crippen LogP contribution in [0, 0.1) is 27.7 Å². The average Bonchev–Trinajstić information content (AvgIpc) is 2.97. The lowest BCUT2D eigenvalue weighted by Gasteiger charge is -2.31. The van der Waals surface area contributed by atoms with Gasteiger partial charge in [0, 0.05) is 22.5 Å². The van der Waals surface area contributed by atoms with Crippen molar-refractivity contribution in [2.75, 3.05) is 4.90 Å². The summed E-state index contributed by atoms with van der Waals surface area (Å²) in [6, 6.07) is 37.2. The molecule has 208 valence electrons. The normalized spacial score (nSPS) is 11.4. The fourth-order valence-electron chi connectivity index (χ4n) is 5.50. The minimum absolute atomic E-state index is 0.259. The predicted molar refractivity (Wildman–Crippen MR) is 171 cm³/mol. The van der Waals surface area contributed by atoms with E-state index in [1.165, 1.54) is 27.8 Å². The molecule has 0 radical (unpaired) electrons. The minimum atomic E-state index is -0.287. The molecule has 0 heterocycles. The molecule has 0 saturated heterocycles. The lowest BCUT2D eigenvalue weighted by Crippen LogP contribution is -2.24. The summed E-state index contributed by atoms with van der Waals surface area (Å²) in [5.74, 6) is 0.518. The lowest BCUT2D eigenvalue weighted by molar-refractivity contribution is 0.470. The number of rotatable bonds is 8. The van der Waals surface area contributed by atoms with Crippen molar-refractivity contribution in [2.45, 2.75) is 52.9 Å². The van der Waals surface area contributed by atoms with Crippen molar-refractivity contribution >= 4 is 17.1 Å². The van der Waals surface area contributed by atoms with Crippen LogP contribution in [0.5, 0.6) is 11.5 Å². The minimum Gasteiger partial charge on any atom is -0.508 e. The molecule has 2 N–H and O–H groups in total. The Morgan fingerprint density at radius 2 is 0.927 bits per heavy atom.